The van der Waals surface area contributed by atoms with E-state index in [1.54, 1.807) is 24.3 Å². The van der Waals surface area contributed by atoms with Crippen LogP contribution in [-0.4, -0.2) is 14.7 Å². The molecule has 3 nitrogen and oxygen atoms in total. The fourth-order valence-electron chi connectivity index (χ4n) is 2.32. The summed E-state index contributed by atoms with van der Waals surface area (Å²) in [7, 11) is 1.86. The minimum atomic E-state index is -0.323. The molecular formula is C15H13FN2O. The SMILES string of the molecule is Cc1cc(O)ccc1-c1nc2c(F)cccc2n1C. The lowest BCUT2D eigenvalue weighted by molar-refractivity contribution is 0.475. The Kier molecular flexibility index (Phi) is 2.52. The average molecular weight is 256 g/mol. The Hall–Kier alpha value is -2.36. The summed E-state index contributed by atoms with van der Waals surface area (Å²) in [5.41, 5.74) is 2.91. The third-order valence-corrected chi connectivity index (χ3v) is 3.31. The van der Waals surface area contributed by atoms with Gasteiger partial charge in [0.15, 0.2) is 5.82 Å². The summed E-state index contributed by atoms with van der Waals surface area (Å²) >= 11 is 0. The van der Waals surface area contributed by atoms with E-state index in [0.29, 0.717) is 11.3 Å². The summed E-state index contributed by atoms with van der Waals surface area (Å²) in [6, 6.07) is 9.99. The van der Waals surface area contributed by atoms with E-state index >= 15 is 0 Å². The summed E-state index contributed by atoms with van der Waals surface area (Å²) in [5, 5.41) is 9.45. The highest BCUT2D eigenvalue weighted by molar-refractivity contribution is 5.81. The molecule has 1 N–H and O–H groups in total. The van der Waals surface area contributed by atoms with E-state index in [2.05, 4.69) is 4.98 Å². The number of hydrogen-bond acceptors (Lipinski definition) is 2. The fraction of sp³-hybridized carbons (Fsp3) is 0.133. The summed E-state index contributed by atoms with van der Waals surface area (Å²) in [6.07, 6.45) is 0. The number of fused-ring (bicyclic) bond motifs is 1. The molecule has 96 valence electrons. The number of aromatic hydroxyl groups is 1. The molecule has 19 heavy (non-hydrogen) atoms. The minimum absolute atomic E-state index is 0.214. The molecule has 3 aromatic rings. The largest absolute Gasteiger partial charge is 0.508 e. The molecule has 0 saturated heterocycles. The number of hydrogen-bond donors (Lipinski definition) is 1. The molecule has 0 bridgehead atoms. The molecule has 3 rings (SSSR count). The van der Waals surface area contributed by atoms with E-state index in [0.717, 1.165) is 16.6 Å². The number of phenols is 1. The van der Waals surface area contributed by atoms with E-state index in [1.807, 2.05) is 24.6 Å². The van der Waals surface area contributed by atoms with Crippen LogP contribution in [0.25, 0.3) is 22.4 Å². The number of aryl methyl sites for hydroxylation is 2. The minimum Gasteiger partial charge on any atom is -0.508 e. The van der Waals surface area contributed by atoms with Gasteiger partial charge >= 0.3 is 0 Å². The molecule has 0 aliphatic heterocycles. The first-order chi connectivity index (χ1) is 9.08. The van der Waals surface area contributed by atoms with E-state index in [9.17, 15) is 9.50 Å². The second-order valence-corrected chi connectivity index (χ2v) is 4.60. The molecule has 0 spiro atoms. The van der Waals surface area contributed by atoms with Crippen molar-refractivity contribution in [1.29, 1.82) is 0 Å². The van der Waals surface area contributed by atoms with Crippen molar-refractivity contribution >= 4 is 11.0 Å². The van der Waals surface area contributed by atoms with Gasteiger partial charge in [0.1, 0.15) is 17.1 Å². The number of nitrogens with zero attached hydrogens (tertiary/aromatic N) is 2. The second kappa shape index (κ2) is 4.09. The fourth-order valence-corrected chi connectivity index (χ4v) is 2.32. The van der Waals surface area contributed by atoms with Crippen LogP contribution in [0.1, 0.15) is 5.56 Å². The zero-order valence-electron chi connectivity index (χ0n) is 10.7. The van der Waals surface area contributed by atoms with Crippen LogP contribution in [-0.2, 0) is 7.05 Å². The third kappa shape index (κ3) is 1.76. The maximum atomic E-state index is 13.7. The highest BCUT2D eigenvalue weighted by atomic mass is 19.1. The standard InChI is InChI=1S/C15H13FN2O/c1-9-8-10(19)6-7-11(9)15-17-14-12(16)4-3-5-13(14)18(15)2/h3-8,19H,1-2H3. The van der Waals surface area contributed by atoms with Crippen LogP contribution < -0.4 is 0 Å². The lowest BCUT2D eigenvalue weighted by Crippen LogP contribution is -1.94. The highest BCUT2D eigenvalue weighted by Crippen LogP contribution is 2.29. The quantitative estimate of drug-likeness (QED) is 0.724. The molecule has 0 unspecified atom stereocenters. The van der Waals surface area contributed by atoms with Crippen molar-refractivity contribution < 1.29 is 9.50 Å². The average Bonchev–Trinajstić information content (AvgIpc) is 2.69. The maximum Gasteiger partial charge on any atom is 0.151 e. The first kappa shape index (κ1) is 11.7. The summed E-state index contributed by atoms with van der Waals surface area (Å²) in [4.78, 5) is 4.38. The van der Waals surface area contributed by atoms with Gasteiger partial charge in [-0.3, -0.25) is 0 Å². The summed E-state index contributed by atoms with van der Waals surface area (Å²) in [5.74, 6) is 0.583. The highest BCUT2D eigenvalue weighted by Gasteiger charge is 2.14. The molecule has 4 heteroatoms. The lowest BCUT2D eigenvalue weighted by atomic mass is 10.1. The Morgan fingerprint density at radius 3 is 2.68 bits per heavy atom. The van der Waals surface area contributed by atoms with Gasteiger partial charge in [-0.05, 0) is 42.8 Å². The smallest absolute Gasteiger partial charge is 0.151 e. The van der Waals surface area contributed by atoms with Crippen LogP contribution in [0.4, 0.5) is 4.39 Å². The van der Waals surface area contributed by atoms with Crippen LogP contribution in [0.2, 0.25) is 0 Å². The molecule has 2 aromatic carbocycles. The predicted octanol–water partition coefficient (Wildman–Crippen LogP) is 3.39. The summed E-state index contributed by atoms with van der Waals surface area (Å²) < 4.78 is 15.6. The molecule has 0 amide bonds. The number of halogens is 1. The normalized spacial score (nSPS) is 11.1. The molecule has 0 atom stereocenters. The molecule has 0 saturated carbocycles. The monoisotopic (exact) mass is 256 g/mol. The number of aromatic nitrogens is 2. The second-order valence-electron chi connectivity index (χ2n) is 4.60. The van der Waals surface area contributed by atoms with Crippen LogP contribution in [0.5, 0.6) is 5.75 Å². The van der Waals surface area contributed by atoms with Gasteiger partial charge in [-0.25, -0.2) is 9.37 Å². The Morgan fingerprint density at radius 1 is 1.21 bits per heavy atom. The lowest BCUT2D eigenvalue weighted by Gasteiger charge is -2.06. The van der Waals surface area contributed by atoms with Gasteiger partial charge in [0, 0.05) is 12.6 Å². The van der Waals surface area contributed by atoms with Gasteiger partial charge < -0.3 is 9.67 Å². The van der Waals surface area contributed by atoms with Crippen molar-refractivity contribution in [2.45, 2.75) is 6.92 Å². The molecule has 1 aromatic heterocycles. The molecular weight excluding hydrogens is 243 g/mol. The Bertz CT molecular complexity index is 777. The number of para-hydroxylation sites is 1. The van der Waals surface area contributed by atoms with Crippen molar-refractivity contribution in [2.24, 2.45) is 7.05 Å². The number of phenolic OH excluding ortho intramolecular Hbond substituents is 1. The van der Waals surface area contributed by atoms with E-state index in [1.165, 1.54) is 6.07 Å². The molecule has 0 fully saturated rings. The summed E-state index contributed by atoms with van der Waals surface area (Å²) in [6.45, 7) is 1.89. The molecule has 1 heterocycles. The number of rotatable bonds is 1. The van der Waals surface area contributed by atoms with Crippen LogP contribution in [0, 0.1) is 12.7 Å². The zero-order chi connectivity index (χ0) is 13.6. The first-order valence-electron chi connectivity index (χ1n) is 5.99. The van der Waals surface area contributed by atoms with Crippen LogP contribution >= 0.6 is 0 Å². The van der Waals surface area contributed by atoms with Gasteiger partial charge in [0.2, 0.25) is 0 Å². The van der Waals surface area contributed by atoms with Crippen LogP contribution in [0.15, 0.2) is 36.4 Å². The van der Waals surface area contributed by atoms with E-state index in [4.69, 9.17) is 0 Å². The Morgan fingerprint density at radius 2 is 2.00 bits per heavy atom. The van der Waals surface area contributed by atoms with Gasteiger partial charge in [-0.2, -0.15) is 0 Å². The van der Waals surface area contributed by atoms with Crippen LogP contribution in [0.3, 0.4) is 0 Å². The zero-order valence-corrected chi connectivity index (χ0v) is 10.7. The van der Waals surface area contributed by atoms with Gasteiger partial charge in [-0.15, -0.1) is 0 Å². The Labute approximate surface area is 109 Å². The Balaban J connectivity index is 2.31. The van der Waals surface area contributed by atoms with Crippen molar-refractivity contribution in [1.82, 2.24) is 9.55 Å². The van der Waals surface area contributed by atoms with Gasteiger partial charge in [-0.1, -0.05) is 6.07 Å². The van der Waals surface area contributed by atoms with Gasteiger partial charge in [0.25, 0.3) is 0 Å². The first-order valence-corrected chi connectivity index (χ1v) is 5.99. The van der Waals surface area contributed by atoms with E-state index in [-0.39, 0.29) is 11.6 Å². The van der Waals surface area contributed by atoms with Crippen molar-refractivity contribution in [3.05, 3.63) is 47.8 Å². The van der Waals surface area contributed by atoms with Crippen molar-refractivity contribution in [3.63, 3.8) is 0 Å². The van der Waals surface area contributed by atoms with E-state index < -0.39 is 0 Å². The number of benzene rings is 2. The third-order valence-electron chi connectivity index (χ3n) is 3.31. The molecule has 0 aliphatic rings. The predicted molar refractivity (Wildman–Crippen MR) is 72.5 cm³/mol. The molecule has 0 aliphatic carbocycles. The maximum absolute atomic E-state index is 13.7. The molecule has 0 radical (unpaired) electrons. The van der Waals surface area contributed by atoms with Crippen molar-refractivity contribution in [3.8, 4) is 17.1 Å². The van der Waals surface area contributed by atoms with Crippen molar-refractivity contribution in [2.75, 3.05) is 0 Å². The topological polar surface area (TPSA) is 38.1 Å². The van der Waals surface area contributed by atoms with Gasteiger partial charge in [0.05, 0.1) is 5.52 Å². The number of imidazole rings is 1.